The number of carbonyl (C=O) groups is 1. The lowest BCUT2D eigenvalue weighted by Gasteiger charge is -2.10. The summed E-state index contributed by atoms with van der Waals surface area (Å²) in [6.45, 7) is 1.28. The van der Waals surface area contributed by atoms with Gasteiger partial charge in [-0.1, -0.05) is 23.7 Å². The molecule has 0 spiro atoms. The molecule has 0 bridgehead atoms. The molecule has 126 valence electrons. The maximum Gasteiger partial charge on any atom is 0.234 e. The summed E-state index contributed by atoms with van der Waals surface area (Å²) in [5.41, 5.74) is 1.82. The Morgan fingerprint density at radius 3 is 2.79 bits per heavy atom. The number of ether oxygens (including phenoxy) is 2. The molecule has 0 unspecified atom stereocenters. The number of nitrogens with one attached hydrogen (secondary N) is 1. The molecular formula is C18H18ClNO3S. The van der Waals surface area contributed by atoms with Crippen molar-refractivity contribution in [2.24, 2.45) is 0 Å². The van der Waals surface area contributed by atoms with E-state index in [2.05, 4.69) is 5.32 Å². The molecule has 2 aromatic rings. The van der Waals surface area contributed by atoms with E-state index >= 15 is 0 Å². The number of fused-ring (bicyclic) bond motifs is 1. The van der Waals surface area contributed by atoms with Crippen LogP contribution in [0.5, 0.6) is 11.5 Å². The molecule has 0 saturated carbocycles. The Morgan fingerprint density at radius 2 is 1.96 bits per heavy atom. The Kier molecular flexibility index (Phi) is 5.88. The summed E-state index contributed by atoms with van der Waals surface area (Å²) in [5.74, 6) is 2.48. The third-order valence-corrected chi connectivity index (χ3v) is 4.66. The zero-order valence-electron chi connectivity index (χ0n) is 13.1. The summed E-state index contributed by atoms with van der Waals surface area (Å²) in [6, 6.07) is 13.1. The topological polar surface area (TPSA) is 47.6 Å². The first-order valence-corrected chi connectivity index (χ1v) is 9.26. The lowest BCUT2D eigenvalue weighted by Crippen LogP contribution is -2.14. The highest BCUT2D eigenvalue weighted by molar-refractivity contribution is 7.99. The van der Waals surface area contributed by atoms with Gasteiger partial charge in [0, 0.05) is 29.0 Å². The molecule has 0 aromatic heterocycles. The third kappa shape index (κ3) is 4.82. The SMILES string of the molecule is O=C(CSCc1cccc(Cl)c1)Nc1ccc2c(c1)OCCCO2. The van der Waals surface area contributed by atoms with Crippen molar-refractivity contribution in [3.05, 3.63) is 53.1 Å². The van der Waals surface area contributed by atoms with Gasteiger partial charge < -0.3 is 14.8 Å². The van der Waals surface area contributed by atoms with Crippen LogP contribution in [0.2, 0.25) is 5.02 Å². The maximum absolute atomic E-state index is 12.1. The molecule has 0 atom stereocenters. The van der Waals surface area contributed by atoms with Crippen molar-refractivity contribution in [2.75, 3.05) is 24.3 Å². The maximum atomic E-state index is 12.1. The van der Waals surface area contributed by atoms with Crippen molar-refractivity contribution in [3.63, 3.8) is 0 Å². The fourth-order valence-corrected chi connectivity index (χ4v) is 3.31. The van der Waals surface area contributed by atoms with Crippen LogP contribution >= 0.6 is 23.4 Å². The number of halogens is 1. The quantitative estimate of drug-likeness (QED) is 0.856. The van der Waals surface area contributed by atoms with E-state index in [0.717, 1.165) is 23.5 Å². The smallest absolute Gasteiger partial charge is 0.234 e. The predicted molar refractivity (Wildman–Crippen MR) is 98.3 cm³/mol. The van der Waals surface area contributed by atoms with Crippen LogP contribution in [-0.2, 0) is 10.5 Å². The summed E-state index contributed by atoms with van der Waals surface area (Å²) < 4.78 is 11.2. The Balaban J connectivity index is 1.50. The molecular weight excluding hydrogens is 346 g/mol. The standard InChI is InChI=1S/C18H18ClNO3S/c19-14-4-1-3-13(9-14)11-24-12-18(21)20-15-5-6-16-17(10-15)23-8-2-7-22-16/h1,3-6,9-10H,2,7-8,11-12H2,(H,20,21). The lowest BCUT2D eigenvalue weighted by molar-refractivity contribution is -0.113. The molecule has 3 rings (SSSR count). The van der Waals surface area contributed by atoms with Crippen LogP contribution in [0.1, 0.15) is 12.0 Å². The highest BCUT2D eigenvalue weighted by atomic mass is 35.5. The Labute approximate surface area is 150 Å². The van der Waals surface area contributed by atoms with Crippen LogP contribution in [0.4, 0.5) is 5.69 Å². The summed E-state index contributed by atoms with van der Waals surface area (Å²) in [5, 5.41) is 3.60. The molecule has 0 radical (unpaired) electrons. The van der Waals surface area contributed by atoms with Crippen molar-refractivity contribution in [2.45, 2.75) is 12.2 Å². The van der Waals surface area contributed by atoms with E-state index in [4.69, 9.17) is 21.1 Å². The lowest BCUT2D eigenvalue weighted by atomic mass is 10.2. The molecule has 0 fully saturated rings. The van der Waals surface area contributed by atoms with Crippen LogP contribution in [0.15, 0.2) is 42.5 Å². The van der Waals surface area contributed by atoms with Crippen molar-refractivity contribution >= 4 is 35.0 Å². The second-order valence-corrected chi connectivity index (χ2v) is 6.80. The zero-order chi connectivity index (χ0) is 16.8. The number of rotatable bonds is 5. The molecule has 0 saturated heterocycles. The number of anilines is 1. The molecule has 1 N–H and O–H groups in total. The summed E-state index contributed by atoms with van der Waals surface area (Å²) in [7, 11) is 0. The van der Waals surface area contributed by atoms with Gasteiger partial charge in [-0.05, 0) is 29.8 Å². The molecule has 1 heterocycles. The minimum Gasteiger partial charge on any atom is -0.490 e. The van der Waals surface area contributed by atoms with E-state index in [-0.39, 0.29) is 5.91 Å². The van der Waals surface area contributed by atoms with Gasteiger partial charge in [0.25, 0.3) is 0 Å². The Hall–Kier alpha value is -1.85. The van der Waals surface area contributed by atoms with Crippen LogP contribution in [0.3, 0.4) is 0 Å². The van der Waals surface area contributed by atoms with Gasteiger partial charge in [0.2, 0.25) is 5.91 Å². The molecule has 1 aliphatic rings. The van der Waals surface area contributed by atoms with Crippen LogP contribution in [-0.4, -0.2) is 24.9 Å². The van der Waals surface area contributed by atoms with Gasteiger partial charge in [0.15, 0.2) is 11.5 Å². The first kappa shape index (κ1) is 17.0. The van der Waals surface area contributed by atoms with Crippen molar-refractivity contribution < 1.29 is 14.3 Å². The molecule has 6 heteroatoms. The Morgan fingerprint density at radius 1 is 1.12 bits per heavy atom. The van der Waals surface area contributed by atoms with Crippen molar-refractivity contribution in [1.29, 1.82) is 0 Å². The molecule has 2 aromatic carbocycles. The molecule has 1 aliphatic heterocycles. The number of carbonyl (C=O) groups excluding carboxylic acids is 1. The van der Waals surface area contributed by atoms with E-state index in [1.165, 1.54) is 0 Å². The summed E-state index contributed by atoms with van der Waals surface area (Å²) in [6.07, 6.45) is 0.858. The fraction of sp³-hybridized carbons (Fsp3) is 0.278. The highest BCUT2D eigenvalue weighted by Crippen LogP contribution is 2.32. The van der Waals surface area contributed by atoms with Gasteiger partial charge in [0.1, 0.15) is 0 Å². The van der Waals surface area contributed by atoms with E-state index in [1.807, 2.05) is 36.4 Å². The highest BCUT2D eigenvalue weighted by Gasteiger charge is 2.12. The summed E-state index contributed by atoms with van der Waals surface area (Å²) >= 11 is 7.50. The van der Waals surface area contributed by atoms with Crippen molar-refractivity contribution in [1.82, 2.24) is 0 Å². The molecule has 24 heavy (non-hydrogen) atoms. The number of hydrogen-bond donors (Lipinski definition) is 1. The average molecular weight is 364 g/mol. The van der Waals surface area contributed by atoms with Crippen molar-refractivity contribution in [3.8, 4) is 11.5 Å². The van der Waals surface area contributed by atoms with Gasteiger partial charge in [0.05, 0.1) is 19.0 Å². The number of hydrogen-bond acceptors (Lipinski definition) is 4. The van der Waals surface area contributed by atoms with Gasteiger partial charge >= 0.3 is 0 Å². The van der Waals surface area contributed by atoms with E-state index in [9.17, 15) is 4.79 Å². The van der Waals surface area contributed by atoms with E-state index < -0.39 is 0 Å². The number of thioether (sulfide) groups is 1. The minimum absolute atomic E-state index is 0.0449. The summed E-state index contributed by atoms with van der Waals surface area (Å²) in [4.78, 5) is 12.1. The zero-order valence-corrected chi connectivity index (χ0v) is 14.7. The third-order valence-electron chi connectivity index (χ3n) is 3.42. The van der Waals surface area contributed by atoms with Gasteiger partial charge in [-0.15, -0.1) is 11.8 Å². The predicted octanol–water partition coefficient (Wildman–Crippen LogP) is 4.37. The van der Waals surface area contributed by atoms with Gasteiger partial charge in [-0.2, -0.15) is 0 Å². The van der Waals surface area contributed by atoms with Gasteiger partial charge in [-0.25, -0.2) is 0 Å². The molecule has 4 nitrogen and oxygen atoms in total. The van der Waals surface area contributed by atoms with Gasteiger partial charge in [-0.3, -0.25) is 4.79 Å². The number of amides is 1. The second kappa shape index (κ2) is 8.31. The first-order chi connectivity index (χ1) is 11.7. The monoisotopic (exact) mass is 363 g/mol. The Bertz CT molecular complexity index is 723. The fourth-order valence-electron chi connectivity index (χ4n) is 2.33. The van der Waals surface area contributed by atoms with Crippen LogP contribution < -0.4 is 14.8 Å². The van der Waals surface area contributed by atoms with E-state index in [1.54, 1.807) is 17.8 Å². The van der Waals surface area contributed by atoms with E-state index in [0.29, 0.717) is 35.4 Å². The molecule has 0 aliphatic carbocycles. The number of benzene rings is 2. The van der Waals surface area contributed by atoms with Crippen LogP contribution in [0.25, 0.3) is 0 Å². The van der Waals surface area contributed by atoms with Crippen LogP contribution in [0, 0.1) is 0 Å². The minimum atomic E-state index is -0.0449. The first-order valence-electron chi connectivity index (χ1n) is 7.72. The largest absolute Gasteiger partial charge is 0.490 e. The molecule has 1 amide bonds. The normalized spacial score (nSPS) is 13.2. The second-order valence-electron chi connectivity index (χ2n) is 5.38. The average Bonchev–Trinajstić information content (AvgIpc) is 2.80.